The molecule has 0 fully saturated rings. The molecule has 0 bridgehead atoms. The highest BCUT2D eigenvalue weighted by atomic mass is 19.4. The van der Waals surface area contributed by atoms with Crippen LogP contribution in [0.1, 0.15) is 11.7 Å². The van der Waals surface area contributed by atoms with Crippen molar-refractivity contribution in [2.75, 3.05) is 6.54 Å². The highest BCUT2D eigenvalue weighted by Crippen LogP contribution is 2.19. The van der Waals surface area contributed by atoms with Gasteiger partial charge in [-0.1, -0.05) is 11.2 Å². The van der Waals surface area contributed by atoms with Crippen molar-refractivity contribution in [2.45, 2.75) is 19.1 Å². The Labute approximate surface area is 84.2 Å². The van der Waals surface area contributed by atoms with E-state index in [9.17, 15) is 13.2 Å². The lowest BCUT2D eigenvalue weighted by molar-refractivity contribution is -0.128. The average molecular weight is 221 g/mol. The summed E-state index contributed by atoms with van der Waals surface area (Å²) < 4.78 is 40.3. The van der Waals surface area contributed by atoms with E-state index in [4.69, 9.17) is 0 Å². The van der Waals surface area contributed by atoms with Gasteiger partial charge in [0.05, 0.1) is 6.54 Å². The van der Waals surface area contributed by atoms with E-state index in [1.165, 1.54) is 0 Å². The van der Waals surface area contributed by atoms with Gasteiger partial charge in [0.1, 0.15) is 6.42 Å². The number of nitrogens with one attached hydrogen (secondary N) is 1. The smallest absolute Gasteiger partial charge is 0.338 e. The minimum atomic E-state index is -4.31. The van der Waals surface area contributed by atoms with Gasteiger partial charge in [-0.2, -0.15) is 18.2 Å². The van der Waals surface area contributed by atoms with Crippen LogP contribution in [0.2, 0.25) is 0 Å². The lowest BCUT2D eigenvalue weighted by Gasteiger charge is -1.99. The lowest BCUT2D eigenvalue weighted by Crippen LogP contribution is -2.14. The molecule has 1 aromatic rings. The Balaban J connectivity index is 2.45. The van der Waals surface area contributed by atoms with Gasteiger partial charge in [-0.3, -0.25) is 0 Å². The van der Waals surface area contributed by atoms with Crippen LogP contribution < -0.4 is 5.32 Å². The Morgan fingerprint density at radius 2 is 2.20 bits per heavy atom. The summed E-state index contributed by atoms with van der Waals surface area (Å²) in [6, 6.07) is 0. The van der Waals surface area contributed by atoms with Crippen LogP contribution >= 0.6 is 0 Å². The number of hydrogen-bond acceptors (Lipinski definition) is 4. The zero-order valence-electron chi connectivity index (χ0n) is 7.84. The quantitative estimate of drug-likeness (QED) is 0.604. The lowest BCUT2D eigenvalue weighted by atomic mass is 10.4. The summed E-state index contributed by atoms with van der Waals surface area (Å²) in [5.74, 6) is -0.214. The number of aromatic nitrogens is 2. The Hall–Kier alpha value is -1.37. The zero-order chi connectivity index (χ0) is 11.3. The first-order chi connectivity index (χ1) is 7.01. The highest BCUT2D eigenvalue weighted by Gasteiger charge is 2.30. The Bertz CT molecular complexity index is 321. The van der Waals surface area contributed by atoms with Crippen molar-refractivity contribution in [3.05, 3.63) is 24.4 Å². The maximum Gasteiger partial charge on any atom is 0.396 e. The predicted molar refractivity (Wildman–Crippen MR) is 46.0 cm³/mol. The Kier molecular flexibility index (Phi) is 3.84. The van der Waals surface area contributed by atoms with Crippen molar-refractivity contribution >= 4 is 0 Å². The van der Waals surface area contributed by atoms with Crippen LogP contribution in [0.4, 0.5) is 13.2 Å². The molecule has 0 aliphatic carbocycles. The second-order valence-corrected chi connectivity index (χ2v) is 2.82. The van der Waals surface area contributed by atoms with E-state index < -0.39 is 12.6 Å². The van der Waals surface area contributed by atoms with Gasteiger partial charge in [-0.05, 0) is 0 Å². The van der Waals surface area contributed by atoms with Crippen LogP contribution in [0.25, 0.3) is 0 Å². The highest BCUT2D eigenvalue weighted by molar-refractivity contribution is 4.88. The van der Waals surface area contributed by atoms with Crippen molar-refractivity contribution in [1.82, 2.24) is 15.5 Å². The Morgan fingerprint density at radius 1 is 1.47 bits per heavy atom. The minimum absolute atomic E-state index is 0.135. The van der Waals surface area contributed by atoms with Crippen LogP contribution in [0.3, 0.4) is 0 Å². The molecular weight excluding hydrogens is 211 g/mol. The van der Waals surface area contributed by atoms with E-state index in [1.807, 2.05) is 0 Å². The van der Waals surface area contributed by atoms with Crippen molar-refractivity contribution in [2.24, 2.45) is 0 Å². The molecule has 0 saturated carbocycles. The van der Waals surface area contributed by atoms with Crippen molar-refractivity contribution in [3.63, 3.8) is 0 Å². The first-order valence-electron chi connectivity index (χ1n) is 4.21. The number of halogens is 3. The number of nitrogens with zero attached hydrogens (tertiary/aromatic N) is 2. The molecule has 7 heteroatoms. The number of hydrogen-bond donors (Lipinski definition) is 1. The van der Waals surface area contributed by atoms with Crippen molar-refractivity contribution in [3.8, 4) is 0 Å². The summed E-state index contributed by atoms with van der Waals surface area (Å²) in [7, 11) is 0. The van der Waals surface area contributed by atoms with Crippen LogP contribution in [-0.2, 0) is 13.0 Å². The first kappa shape index (κ1) is 11.7. The van der Waals surface area contributed by atoms with Gasteiger partial charge >= 0.3 is 6.18 Å². The van der Waals surface area contributed by atoms with E-state index in [-0.39, 0.29) is 18.3 Å². The van der Waals surface area contributed by atoms with Crippen LogP contribution in [0.15, 0.2) is 17.2 Å². The fraction of sp³-hybridized carbons (Fsp3) is 0.500. The van der Waals surface area contributed by atoms with E-state index in [1.54, 1.807) is 6.08 Å². The molecule has 15 heavy (non-hydrogen) atoms. The van der Waals surface area contributed by atoms with Crippen molar-refractivity contribution < 1.29 is 17.7 Å². The fourth-order valence-corrected chi connectivity index (χ4v) is 0.894. The minimum Gasteiger partial charge on any atom is -0.338 e. The largest absolute Gasteiger partial charge is 0.396 e. The van der Waals surface area contributed by atoms with Gasteiger partial charge in [0.25, 0.3) is 0 Å². The van der Waals surface area contributed by atoms with Gasteiger partial charge in [-0.25, -0.2) is 0 Å². The molecule has 0 saturated heterocycles. The van der Waals surface area contributed by atoms with E-state index >= 15 is 0 Å². The van der Waals surface area contributed by atoms with Gasteiger partial charge in [0.2, 0.25) is 5.89 Å². The number of rotatable bonds is 5. The third-order valence-corrected chi connectivity index (χ3v) is 1.43. The Morgan fingerprint density at radius 3 is 2.80 bits per heavy atom. The molecule has 0 atom stereocenters. The molecule has 84 valence electrons. The zero-order valence-corrected chi connectivity index (χ0v) is 7.84. The van der Waals surface area contributed by atoms with E-state index in [2.05, 4.69) is 26.6 Å². The third kappa shape index (κ3) is 4.59. The summed E-state index contributed by atoms with van der Waals surface area (Å²) in [6.45, 7) is 4.23. The third-order valence-electron chi connectivity index (χ3n) is 1.43. The maximum absolute atomic E-state index is 11.9. The second-order valence-electron chi connectivity index (χ2n) is 2.82. The number of alkyl halides is 3. The monoisotopic (exact) mass is 221 g/mol. The molecule has 1 heterocycles. The maximum atomic E-state index is 11.9. The first-order valence-corrected chi connectivity index (χ1v) is 4.21. The van der Waals surface area contributed by atoms with Gasteiger partial charge < -0.3 is 9.84 Å². The molecule has 0 aromatic carbocycles. The fourth-order valence-electron chi connectivity index (χ4n) is 0.894. The summed E-state index contributed by atoms with van der Waals surface area (Å²) in [4.78, 5) is 3.57. The summed E-state index contributed by atoms with van der Waals surface area (Å²) in [5, 5.41) is 6.04. The van der Waals surface area contributed by atoms with Crippen LogP contribution in [0, 0.1) is 0 Å². The molecule has 0 radical (unpaired) electrons. The molecule has 0 spiro atoms. The van der Waals surface area contributed by atoms with Crippen LogP contribution in [-0.4, -0.2) is 22.9 Å². The van der Waals surface area contributed by atoms with Crippen molar-refractivity contribution in [1.29, 1.82) is 0 Å². The molecule has 4 nitrogen and oxygen atoms in total. The normalized spacial score (nSPS) is 11.7. The molecular formula is C8H10F3N3O. The SMILES string of the molecule is C=CCNCc1nc(CC(F)(F)F)no1. The summed E-state index contributed by atoms with van der Waals surface area (Å²) in [6.07, 6.45) is -3.86. The molecule has 0 aliphatic heterocycles. The molecule has 1 rings (SSSR count). The summed E-state index contributed by atoms with van der Waals surface area (Å²) in [5.41, 5.74) is 0. The van der Waals surface area contributed by atoms with E-state index in [0.717, 1.165) is 0 Å². The molecule has 1 aromatic heterocycles. The molecule has 0 unspecified atom stereocenters. The topological polar surface area (TPSA) is 51.0 Å². The molecule has 1 N–H and O–H groups in total. The van der Waals surface area contributed by atoms with E-state index in [0.29, 0.717) is 6.54 Å². The van der Waals surface area contributed by atoms with Gasteiger partial charge in [-0.15, -0.1) is 6.58 Å². The molecule has 0 amide bonds. The van der Waals surface area contributed by atoms with Gasteiger partial charge in [0.15, 0.2) is 5.82 Å². The standard InChI is InChI=1S/C8H10F3N3O/c1-2-3-12-5-7-13-6(14-15-7)4-8(9,10)11/h2,12H,1,3-5H2. The predicted octanol–water partition coefficient (Wildman–Crippen LogP) is 1.45. The second kappa shape index (κ2) is 4.92. The molecule has 0 aliphatic rings. The van der Waals surface area contributed by atoms with Gasteiger partial charge in [0, 0.05) is 6.54 Å². The van der Waals surface area contributed by atoms with Crippen LogP contribution in [0.5, 0.6) is 0 Å². The average Bonchev–Trinajstić information content (AvgIpc) is 2.50. The summed E-state index contributed by atoms with van der Waals surface area (Å²) >= 11 is 0.